The van der Waals surface area contributed by atoms with Crippen LogP contribution in [-0.4, -0.2) is 49.4 Å². The van der Waals surface area contributed by atoms with Crippen molar-refractivity contribution < 1.29 is 4.74 Å². The lowest BCUT2D eigenvalue weighted by atomic mass is 10.1. The largest absolute Gasteiger partial charge is 0.494 e. The number of ether oxygens (including phenoxy) is 1. The first kappa shape index (κ1) is 20.4. The van der Waals surface area contributed by atoms with Crippen LogP contribution < -0.4 is 9.64 Å². The van der Waals surface area contributed by atoms with E-state index < -0.39 is 0 Å². The van der Waals surface area contributed by atoms with Crippen LogP contribution in [0.25, 0.3) is 22.3 Å². The van der Waals surface area contributed by atoms with E-state index in [9.17, 15) is 0 Å². The lowest BCUT2D eigenvalue weighted by Gasteiger charge is -2.19. The number of hydrogen-bond acceptors (Lipinski definition) is 7. The predicted molar refractivity (Wildman–Crippen MR) is 124 cm³/mol. The maximum absolute atomic E-state index is 5.96. The Labute approximate surface area is 187 Å². The lowest BCUT2D eigenvalue weighted by molar-refractivity contribution is 0.337. The monoisotopic (exact) mass is 429 g/mol. The van der Waals surface area contributed by atoms with E-state index in [1.54, 1.807) is 6.33 Å². The van der Waals surface area contributed by atoms with Gasteiger partial charge in [-0.2, -0.15) is 0 Å². The third-order valence-corrected chi connectivity index (χ3v) is 5.82. The number of benzene rings is 1. The van der Waals surface area contributed by atoms with Gasteiger partial charge in [0.05, 0.1) is 6.61 Å². The molecule has 0 spiro atoms. The summed E-state index contributed by atoms with van der Waals surface area (Å²) >= 11 is 0. The highest BCUT2D eigenvalue weighted by atomic mass is 16.5. The number of hydrogen-bond donors (Lipinski definition) is 0. The van der Waals surface area contributed by atoms with Crippen molar-refractivity contribution in [1.29, 1.82) is 0 Å². The van der Waals surface area contributed by atoms with Gasteiger partial charge >= 0.3 is 0 Å². The van der Waals surface area contributed by atoms with Crippen LogP contribution in [0.1, 0.15) is 36.8 Å². The van der Waals surface area contributed by atoms with Gasteiger partial charge in [-0.3, -0.25) is 0 Å². The first-order valence-electron chi connectivity index (χ1n) is 11.1. The van der Waals surface area contributed by atoms with Gasteiger partial charge < -0.3 is 14.2 Å². The molecule has 0 atom stereocenters. The van der Waals surface area contributed by atoms with E-state index in [1.807, 2.05) is 43.8 Å². The van der Waals surface area contributed by atoms with E-state index in [1.165, 1.54) is 12.8 Å². The third-order valence-electron chi connectivity index (χ3n) is 5.82. The molecule has 0 N–H and O–H groups in total. The van der Waals surface area contributed by atoms with E-state index in [0.717, 1.165) is 64.0 Å². The van der Waals surface area contributed by atoms with E-state index in [4.69, 9.17) is 14.7 Å². The summed E-state index contributed by atoms with van der Waals surface area (Å²) in [6, 6.07) is 8.19. The Bertz CT molecular complexity index is 1260. The minimum atomic E-state index is 0.580. The van der Waals surface area contributed by atoms with Crippen LogP contribution >= 0.6 is 0 Å². The number of fused-ring (bicyclic) bond motifs is 1. The van der Waals surface area contributed by atoms with E-state index in [2.05, 4.69) is 32.2 Å². The molecule has 1 aromatic carbocycles. The van der Waals surface area contributed by atoms with Crippen molar-refractivity contribution in [3.8, 4) is 17.1 Å². The van der Waals surface area contributed by atoms with Crippen molar-refractivity contribution in [2.45, 2.75) is 33.1 Å². The molecule has 0 amide bonds. The predicted octanol–water partition coefficient (Wildman–Crippen LogP) is 3.72. The molecular weight excluding hydrogens is 402 g/mol. The summed E-state index contributed by atoms with van der Waals surface area (Å²) in [6.45, 7) is 6.66. The summed E-state index contributed by atoms with van der Waals surface area (Å²) in [7, 11) is 1.93. The number of aromatic nitrogens is 6. The molecule has 4 heterocycles. The highest BCUT2D eigenvalue weighted by Crippen LogP contribution is 2.30. The summed E-state index contributed by atoms with van der Waals surface area (Å²) in [5.74, 6) is 3.36. The number of rotatable bonds is 6. The lowest BCUT2D eigenvalue weighted by Crippen LogP contribution is -2.20. The third kappa shape index (κ3) is 3.88. The van der Waals surface area contributed by atoms with E-state index in [-0.39, 0.29) is 0 Å². The Morgan fingerprint density at radius 1 is 1.09 bits per heavy atom. The highest BCUT2D eigenvalue weighted by Gasteiger charge is 2.19. The molecule has 164 valence electrons. The van der Waals surface area contributed by atoms with Gasteiger partial charge in [0.1, 0.15) is 23.4 Å². The maximum Gasteiger partial charge on any atom is 0.163 e. The molecule has 8 heteroatoms. The van der Waals surface area contributed by atoms with Crippen LogP contribution in [0.4, 0.5) is 5.82 Å². The standard InChI is InChI=1S/C24H27N7O/c1-4-32-20-12-18(23-29-26-15-30(23)3)8-7-17(20)13-21-25-14-19-11-16(2)27-24(22(19)28-21)31-9-5-6-10-31/h7-8,11-12,14-15H,4-6,9-10,13H2,1-3H3. The van der Waals surface area contributed by atoms with Gasteiger partial charge in [0.25, 0.3) is 0 Å². The van der Waals surface area contributed by atoms with Crippen molar-refractivity contribution in [3.05, 3.63) is 53.9 Å². The zero-order valence-corrected chi connectivity index (χ0v) is 18.7. The number of pyridine rings is 1. The smallest absolute Gasteiger partial charge is 0.163 e. The second-order valence-electron chi connectivity index (χ2n) is 8.20. The van der Waals surface area contributed by atoms with Gasteiger partial charge in [0.15, 0.2) is 11.6 Å². The van der Waals surface area contributed by atoms with Crippen LogP contribution in [0.2, 0.25) is 0 Å². The molecule has 1 saturated heterocycles. The molecule has 0 saturated carbocycles. The molecule has 1 aliphatic heterocycles. The molecular formula is C24H27N7O. The molecule has 1 fully saturated rings. The fraction of sp³-hybridized carbons (Fsp3) is 0.375. The van der Waals surface area contributed by atoms with Crippen molar-refractivity contribution in [2.24, 2.45) is 7.05 Å². The molecule has 4 aromatic rings. The zero-order chi connectivity index (χ0) is 22.1. The average Bonchev–Trinajstić information content (AvgIpc) is 3.47. The van der Waals surface area contributed by atoms with Gasteiger partial charge in [-0.15, -0.1) is 10.2 Å². The Morgan fingerprint density at radius 3 is 2.69 bits per heavy atom. The number of nitrogens with zero attached hydrogens (tertiary/aromatic N) is 7. The number of aryl methyl sites for hydroxylation is 2. The number of anilines is 1. The van der Waals surface area contributed by atoms with Crippen LogP contribution in [0, 0.1) is 6.92 Å². The highest BCUT2D eigenvalue weighted by molar-refractivity contribution is 5.88. The summed E-state index contributed by atoms with van der Waals surface area (Å²) in [5, 5.41) is 9.23. The average molecular weight is 430 g/mol. The first-order valence-corrected chi connectivity index (χ1v) is 11.1. The second-order valence-corrected chi connectivity index (χ2v) is 8.20. The first-order chi connectivity index (χ1) is 15.6. The van der Waals surface area contributed by atoms with Gasteiger partial charge in [-0.05, 0) is 38.8 Å². The maximum atomic E-state index is 5.96. The molecule has 32 heavy (non-hydrogen) atoms. The Hall–Kier alpha value is -3.55. The molecule has 0 unspecified atom stereocenters. The Kier molecular flexibility index (Phi) is 5.43. The molecule has 8 nitrogen and oxygen atoms in total. The summed E-state index contributed by atoms with van der Waals surface area (Å²) in [4.78, 5) is 16.8. The topological polar surface area (TPSA) is 81.8 Å². The zero-order valence-electron chi connectivity index (χ0n) is 18.7. The molecule has 0 bridgehead atoms. The normalized spacial score (nSPS) is 13.8. The van der Waals surface area contributed by atoms with E-state index in [0.29, 0.717) is 13.0 Å². The SMILES string of the molecule is CCOc1cc(-c2nncn2C)ccc1Cc1ncc2cc(C)nc(N3CCCC3)c2n1. The Morgan fingerprint density at radius 2 is 1.94 bits per heavy atom. The fourth-order valence-electron chi connectivity index (χ4n) is 4.27. The molecule has 1 aliphatic rings. The van der Waals surface area contributed by atoms with Crippen molar-refractivity contribution >= 4 is 16.7 Å². The van der Waals surface area contributed by atoms with Gasteiger partial charge in [-0.1, -0.05) is 12.1 Å². The van der Waals surface area contributed by atoms with Gasteiger partial charge in [-0.25, -0.2) is 15.0 Å². The minimum absolute atomic E-state index is 0.580. The van der Waals surface area contributed by atoms with Crippen molar-refractivity contribution in [2.75, 3.05) is 24.6 Å². The van der Waals surface area contributed by atoms with E-state index >= 15 is 0 Å². The minimum Gasteiger partial charge on any atom is -0.494 e. The summed E-state index contributed by atoms with van der Waals surface area (Å²) in [6.07, 6.45) is 6.59. The fourth-order valence-corrected chi connectivity index (χ4v) is 4.27. The molecule has 0 aliphatic carbocycles. The summed E-state index contributed by atoms with van der Waals surface area (Å²) in [5.41, 5.74) is 3.93. The van der Waals surface area contributed by atoms with Gasteiger partial charge in [0, 0.05) is 55.0 Å². The molecule has 3 aromatic heterocycles. The van der Waals surface area contributed by atoms with Crippen LogP contribution in [-0.2, 0) is 13.5 Å². The molecule has 5 rings (SSSR count). The summed E-state index contributed by atoms with van der Waals surface area (Å²) < 4.78 is 7.86. The second kappa shape index (κ2) is 8.53. The van der Waals surface area contributed by atoms with Crippen molar-refractivity contribution in [3.63, 3.8) is 0 Å². The quantitative estimate of drug-likeness (QED) is 0.462. The van der Waals surface area contributed by atoms with Crippen LogP contribution in [0.15, 0.2) is 36.8 Å². The van der Waals surface area contributed by atoms with Crippen LogP contribution in [0.5, 0.6) is 5.75 Å². The molecule has 0 radical (unpaired) electrons. The Balaban J connectivity index is 1.51. The van der Waals surface area contributed by atoms with Crippen molar-refractivity contribution in [1.82, 2.24) is 29.7 Å². The van der Waals surface area contributed by atoms with Crippen LogP contribution in [0.3, 0.4) is 0 Å². The van der Waals surface area contributed by atoms with Gasteiger partial charge in [0.2, 0.25) is 0 Å².